The number of hydrogen-bond donors (Lipinski definition) is 2. The third-order valence-corrected chi connectivity index (χ3v) is 3.37. The first-order valence-corrected chi connectivity index (χ1v) is 6.50. The summed E-state index contributed by atoms with van der Waals surface area (Å²) in [6.07, 6.45) is 0.884. The number of aliphatic hydroxyl groups excluding tert-OH is 1. The summed E-state index contributed by atoms with van der Waals surface area (Å²) in [7, 11) is 0. The van der Waals surface area contributed by atoms with Crippen molar-refractivity contribution in [1.82, 2.24) is 10.3 Å². The molecule has 1 atom stereocenters. The van der Waals surface area contributed by atoms with E-state index < -0.39 is 0 Å². The Kier molecular flexibility index (Phi) is 4.53. The average Bonchev–Trinajstić information content (AvgIpc) is 2.40. The van der Waals surface area contributed by atoms with Gasteiger partial charge in [0, 0.05) is 23.5 Å². The number of rotatable bonds is 5. The first-order valence-electron chi connectivity index (χ1n) is 6.13. The molecule has 0 bridgehead atoms. The molecule has 0 aliphatic heterocycles. The number of fused-ring (bicyclic) bond motifs is 1. The lowest BCUT2D eigenvalue weighted by atomic mass is 10.1. The molecule has 0 spiro atoms. The molecule has 18 heavy (non-hydrogen) atoms. The molecule has 2 rings (SSSR count). The van der Waals surface area contributed by atoms with Crippen molar-refractivity contribution in [3.8, 4) is 0 Å². The summed E-state index contributed by atoms with van der Waals surface area (Å²) < 4.78 is 0. The molecule has 0 amide bonds. The maximum absolute atomic E-state index is 9.13. The highest BCUT2D eigenvalue weighted by Gasteiger charge is 2.07. The molecule has 1 heterocycles. The number of aromatic nitrogens is 1. The SMILES string of the molecule is CCC(CO)NCc1cc2ccccc2nc1Cl. The van der Waals surface area contributed by atoms with Crippen molar-refractivity contribution in [2.75, 3.05) is 6.61 Å². The average molecular weight is 265 g/mol. The van der Waals surface area contributed by atoms with Gasteiger partial charge in [-0.3, -0.25) is 0 Å². The molecule has 0 saturated carbocycles. The van der Waals surface area contributed by atoms with Crippen molar-refractivity contribution in [3.63, 3.8) is 0 Å². The van der Waals surface area contributed by atoms with Gasteiger partial charge in [0.25, 0.3) is 0 Å². The Bertz CT molecular complexity index is 526. The lowest BCUT2D eigenvalue weighted by Gasteiger charge is -2.14. The molecule has 3 nitrogen and oxygen atoms in total. The van der Waals surface area contributed by atoms with E-state index in [-0.39, 0.29) is 12.6 Å². The van der Waals surface area contributed by atoms with E-state index in [1.54, 1.807) is 0 Å². The van der Waals surface area contributed by atoms with E-state index in [1.165, 1.54) is 0 Å². The molecule has 0 aliphatic rings. The maximum atomic E-state index is 9.13. The molecule has 2 N–H and O–H groups in total. The van der Waals surface area contributed by atoms with Crippen LogP contribution >= 0.6 is 11.6 Å². The summed E-state index contributed by atoms with van der Waals surface area (Å²) in [5.74, 6) is 0. The number of nitrogens with one attached hydrogen (secondary N) is 1. The van der Waals surface area contributed by atoms with Crippen molar-refractivity contribution in [1.29, 1.82) is 0 Å². The fraction of sp³-hybridized carbons (Fsp3) is 0.357. The summed E-state index contributed by atoms with van der Waals surface area (Å²) in [5.41, 5.74) is 1.86. The minimum atomic E-state index is 0.104. The molecule has 0 radical (unpaired) electrons. The van der Waals surface area contributed by atoms with Crippen LogP contribution in [0.25, 0.3) is 10.9 Å². The van der Waals surface area contributed by atoms with Crippen LogP contribution in [-0.2, 0) is 6.54 Å². The van der Waals surface area contributed by atoms with Crippen molar-refractivity contribution in [2.45, 2.75) is 25.9 Å². The van der Waals surface area contributed by atoms with Gasteiger partial charge in [-0.2, -0.15) is 0 Å². The fourth-order valence-electron chi connectivity index (χ4n) is 1.85. The van der Waals surface area contributed by atoms with Crippen LogP contribution in [0, 0.1) is 0 Å². The Balaban J connectivity index is 2.20. The van der Waals surface area contributed by atoms with Gasteiger partial charge in [-0.25, -0.2) is 4.98 Å². The Morgan fingerprint density at radius 2 is 2.17 bits per heavy atom. The van der Waals surface area contributed by atoms with E-state index in [1.807, 2.05) is 37.3 Å². The van der Waals surface area contributed by atoms with Crippen LogP contribution in [-0.4, -0.2) is 22.7 Å². The highest BCUT2D eigenvalue weighted by atomic mass is 35.5. The van der Waals surface area contributed by atoms with Gasteiger partial charge in [0.15, 0.2) is 0 Å². The summed E-state index contributed by atoms with van der Waals surface area (Å²) >= 11 is 6.16. The fourth-order valence-corrected chi connectivity index (χ4v) is 2.06. The number of para-hydroxylation sites is 1. The van der Waals surface area contributed by atoms with Crippen LogP contribution in [0.5, 0.6) is 0 Å². The largest absolute Gasteiger partial charge is 0.395 e. The number of nitrogens with zero attached hydrogens (tertiary/aromatic N) is 1. The second-order valence-corrected chi connectivity index (χ2v) is 4.66. The minimum absolute atomic E-state index is 0.104. The zero-order valence-corrected chi connectivity index (χ0v) is 11.1. The van der Waals surface area contributed by atoms with Crippen LogP contribution in [0.3, 0.4) is 0 Å². The van der Waals surface area contributed by atoms with Crippen LogP contribution < -0.4 is 5.32 Å². The van der Waals surface area contributed by atoms with E-state index in [0.717, 1.165) is 22.9 Å². The topological polar surface area (TPSA) is 45.1 Å². The van der Waals surface area contributed by atoms with Crippen LogP contribution in [0.1, 0.15) is 18.9 Å². The molecule has 0 saturated heterocycles. The van der Waals surface area contributed by atoms with Crippen molar-refractivity contribution in [2.24, 2.45) is 0 Å². The summed E-state index contributed by atoms with van der Waals surface area (Å²) in [4.78, 5) is 4.37. The van der Waals surface area contributed by atoms with Gasteiger partial charge < -0.3 is 10.4 Å². The molecule has 2 aromatic rings. The molecule has 96 valence electrons. The predicted octanol–water partition coefficient (Wildman–Crippen LogP) is 2.75. The number of pyridine rings is 1. The van der Waals surface area contributed by atoms with E-state index in [4.69, 9.17) is 16.7 Å². The second kappa shape index (κ2) is 6.14. The van der Waals surface area contributed by atoms with Gasteiger partial charge in [0.1, 0.15) is 5.15 Å². The molecule has 0 aliphatic carbocycles. The van der Waals surface area contributed by atoms with Gasteiger partial charge in [-0.05, 0) is 18.6 Å². The first-order chi connectivity index (χ1) is 8.74. The first kappa shape index (κ1) is 13.3. The van der Waals surface area contributed by atoms with Gasteiger partial charge in [-0.1, -0.05) is 36.7 Å². The van der Waals surface area contributed by atoms with Crippen molar-refractivity contribution < 1.29 is 5.11 Å². The molecular formula is C14H17ClN2O. The quantitative estimate of drug-likeness (QED) is 0.817. The monoisotopic (exact) mass is 264 g/mol. The summed E-state index contributed by atoms with van der Waals surface area (Å²) in [5, 5.41) is 14.0. The van der Waals surface area contributed by atoms with Crippen LogP contribution in [0.2, 0.25) is 5.15 Å². The normalized spacial score (nSPS) is 12.8. The number of benzene rings is 1. The molecule has 1 aromatic heterocycles. The van der Waals surface area contributed by atoms with Gasteiger partial charge >= 0.3 is 0 Å². The summed E-state index contributed by atoms with van der Waals surface area (Å²) in [6.45, 7) is 2.79. The van der Waals surface area contributed by atoms with E-state index in [2.05, 4.69) is 10.3 Å². The number of aliphatic hydroxyl groups is 1. The van der Waals surface area contributed by atoms with Crippen molar-refractivity contribution >= 4 is 22.5 Å². The van der Waals surface area contributed by atoms with Crippen molar-refractivity contribution in [3.05, 3.63) is 41.0 Å². The molecule has 4 heteroatoms. The van der Waals surface area contributed by atoms with E-state index >= 15 is 0 Å². The summed E-state index contributed by atoms with van der Waals surface area (Å²) in [6, 6.07) is 10.0. The molecular weight excluding hydrogens is 248 g/mol. The smallest absolute Gasteiger partial charge is 0.134 e. The standard InChI is InChI=1S/C14H17ClN2O/c1-2-12(9-18)16-8-11-7-10-5-3-4-6-13(10)17-14(11)15/h3-7,12,16,18H,2,8-9H2,1H3. The van der Waals surface area contributed by atoms with E-state index in [0.29, 0.717) is 11.7 Å². The van der Waals surface area contributed by atoms with Gasteiger partial charge in [-0.15, -0.1) is 0 Å². The van der Waals surface area contributed by atoms with Crippen LogP contribution in [0.15, 0.2) is 30.3 Å². The Morgan fingerprint density at radius 1 is 1.39 bits per heavy atom. The van der Waals surface area contributed by atoms with Gasteiger partial charge in [0.2, 0.25) is 0 Å². The van der Waals surface area contributed by atoms with E-state index in [9.17, 15) is 0 Å². The Hall–Kier alpha value is -1.16. The Morgan fingerprint density at radius 3 is 2.89 bits per heavy atom. The minimum Gasteiger partial charge on any atom is -0.395 e. The molecule has 1 unspecified atom stereocenters. The lowest BCUT2D eigenvalue weighted by Crippen LogP contribution is -2.31. The highest BCUT2D eigenvalue weighted by molar-refractivity contribution is 6.30. The van der Waals surface area contributed by atoms with Crippen LogP contribution in [0.4, 0.5) is 0 Å². The third kappa shape index (κ3) is 2.99. The zero-order valence-electron chi connectivity index (χ0n) is 10.4. The second-order valence-electron chi connectivity index (χ2n) is 4.30. The lowest BCUT2D eigenvalue weighted by molar-refractivity contribution is 0.238. The molecule has 0 fully saturated rings. The van der Waals surface area contributed by atoms with Gasteiger partial charge in [0.05, 0.1) is 12.1 Å². The molecule has 1 aromatic carbocycles. The zero-order chi connectivity index (χ0) is 13.0. The number of hydrogen-bond acceptors (Lipinski definition) is 3. The Labute approximate surface area is 112 Å². The third-order valence-electron chi connectivity index (χ3n) is 3.04. The maximum Gasteiger partial charge on any atom is 0.134 e. The number of halogens is 1. The predicted molar refractivity (Wildman–Crippen MR) is 74.8 cm³/mol. The highest BCUT2D eigenvalue weighted by Crippen LogP contribution is 2.20.